The van der Waals surface area contributed by atoms with Gasteiger partial charge in [0.25, 0.3) is 5.91 Å². The molecule has 2 aromatic heterocycles. The second kappa shape index (κ2) is 9.25. The molecular formula is C23H28N6O3. The monoisotopic (exact) mass is 436 g/mol. The minimum Gasteiger partial charge on any atom is -0.497 e. The second-order valence-electron chi connectivity index (χ2n) is 8.17. The van der Waals surface area contributed by atoms with E-state index >= 15 is 0 Å². The minimum absolute atomic E-state index is 0.130. The predicted octanol–water partition coefficient (Wildman–Crippen LogP) is 2.42. The van der Waals surface area contributed by atoms with Gasteiger partial charge in [-0.25, -0.2) is 4.98 Å². The van der Waals surface area contributed by atoms with Gasteiger partial charge in [0.05, 0.1) is 19.6 Å². The number of hydrogen-bond acceptors (Lipinski definition) is 5. The quantitative estimate of drug-likeness (QED) is 0.590. The molecule has 1 aromatic carbocycles. The molecule has 1 saturated heterocycles. The number of carbonyl (C=O) groups is 2. The number of likely N-dealkylation sites (tertiary alicyclic amines) is 1. The molecule has 168 valence electrons. The molecule has 1 aliphatic rings. The average Bonchev–Trinajstić information content (AvgIpc) is 3.49. The molecule has 0 aliphatic carbocycles. The average molecular weight is 437 g/mol. The zero-order valence-corrected chi connectivity index (χ0v) is 18.3. The number of imidazole rings is 1. The third-order valence-corrected chi connectivity index (χ3v) is 5.97. The molecule has 0 spiro atoms. The molecule has 0 bridgehead atoms. The molecule has 9 heteroatoms. The summed E-state index contributed by atoms with van der Waals surface area (Å²) < 4.78 is 6.98. The Labute approximate surface area is 186 Å². The van der Waals surface area contributed by atoms with Gasteiger partial charge >= 0.3 is 0 Å². The first-order chi connectivity index (χ1) is 15.5. The number of amides is 2. The lowest BCUT2D eigenvalue weighted by atomic mass is 9.95. The van der Waals surface area contributed by atoms with Gasteiger partial charge in [0.1, 0.15) is 23.0 Å². The van der Waals surface area contributed by atoms with Crippen LogP contribution >= 0.6 is 0 Å². The fourth-order valence-corrected chi connectivity index (χ4v) is 4.17. The molecule has 4 rings (SSSR count). The van der Waals surface area contributed by atoms with Crippen molar-refractivity contribution >= 4 is 11.8 Å². The molecular weight excluding hydrogens is 408 g/mol. The van der Waals surface area contributed by atoms with Crippen molar-refractivity contribution < 1.29 is 14.3 Å². The fraction of sp³-hybridized carbons (Fsp3) is 0.391. The first-order valence-corrected chi connectivity index (χ1v) is 10.8. The van der Waals surface area contributed by atoms with Crippen LogP contribution in [0.5, 0.6) is 5.75 Å². The van der Waals surface area contributed by atoms with Crippen LogP contribution in [0.25, 0.3) is 11.3 Å². The number of ether oxygens (including phenoxy) is 1. The zero-order chi connectivity index (χ0) is 22.7. The van der Waals surface area contributed by atoms with E-state index in [0.29, 0.717) is 31.0 Å². The third-order valence-electron chi connectivity index (χ3n) is 5.97. The summed E-state index contributed by atoms with van der Waals surface area (Å²) in [5, 5.41) is 4.18. The van der Waals surface area contributed by atoms with Gasteiger partial charge in [-0.1, -0.05) is 6.92 Å². The normalized spacial score (nSPS) is 15.5. The van der Waals surface area contributed by atoms with E-state index in [1.54, 1.807) is 18.0 Å². The number of H-pyrrole nitrogens is 1. The predicted molar refractivity (Wildman–Crippen MR) is 119 cm³/mol. The van der Waals surface area contributed by atoms with Crippen LogP contribution in [0.3, 0.4) is 0 Å². The molecule has 9 nitrogen and oxygen atoms in total. The van der Waals surface area contributed by atoms with Crippen molar-refractivity contribution in [3.63, 3.8) is 0 Å². The molecule has 3 aromatic rings. The van der Waals surface area contributed by atoms with Crippen molar-refractivity contribution in [1.29, 1.82) is 0 Å². The van der Waals surface area contributed by atoms with E-state index in [1.807, 2.05) is 48.4 Å². The summed E-state index contributed by atoms with van der Waals surface area (Å²) in [5.74, 6) is 1.04. The number of aromatic amines is 1. The van der Waals surface area contributed by atoms with E-state index in [9.17, 15) is 9.59 Å². The summed E-state index contributed by atoms with van der Waals surface area (Å²) in [7, 11) is 1.60. The van der Waals surface area contributed by atoms with Gasteiger partial charge in [0.15, 0.2) is 0 Å². The van der Waals surface area contributed by atoms with E-state index in [0.717, 1.165) is 30.0 Å². The van der Waals surface area contributed by atoms with E-state index < -0.39 is 5.91 Å². The summed E-state index contributed by atoms with van der Waals surface area (Å²) in [4.78, 5) is 34.6. The topological polar surface area (TPSA) is 119 Å². The van der Waals surface area contributed by atoms with Crippen LogP contribution in [0.4, 0.5) is 0 Å². The van der Waals surface area contributed by atoms with Crippen molar-refractivity contribution in [2.75, 3.05) is 20.2 Å². The number of rotatable bonds is 7. The van der Waals surface area contributed by atoms with Crippen LogP contribution < -0.4 is 10.5 Å². The summed E-state index contributed by atoms with van der Waals surface area (Å²) in [6, 6.07) is 9.21. The summed E-state index contributed by atoms with van der Waals surface area (Å²) in [6.45, 7) is 3.80. The third kappa shape index (κ3) is 4.51. The highest BCUT2D eigenvalue weighted by atomic mass is 16.5. The first kappa shape index (κ1) is 21.6. The lowest BCUT2D eigenvalue weighted by molar-refractivity contribution is -0.136. The van der Waals surface area contributed by atoms with Gasteiger partial charge in [-0.15, -0.1) is 0 Å². The Morgan fingerprint density at radius 1 is 1.25 bits per heavy atom. The Balaban J connectivity index is 1.44. The van der Waals surface area contributed by atoms with Gasteiger partial charge in [0.2, 0.25) is 5.91 Å². The Morgan fingerprint density at radius 2 is 1.97 bits per heavy atom. The summed E-state index contributed by atoms with van der Waals surface area (Å²) >= 11 is 0. The lowest BCUT2D eigenvalue weighted by Gasteiger charge is -2.33. The summed E-state index contributed by atoms with van der Waals surface area (Å²) in [6.07, 6.45) is 5.12. The van der Waals surface area contributed by atoms with Gasteiger partial charge in [-0.05, 0) is 43.2 Å². The fourth-order valence-electron chi connectivity index (χ4n) is 4.17. The van der Waals surface area contributed by atoms with Crippen molar-refractivity contribution in [1.82, 2.24) is 24.6 Å². The van der Waals surface area contributed by atoms with Crippen molar-refractivity contribution in [2.45, 2.75) is 32.2 Å². The highest BCUT2D eigenvalue weighted by Crippen LogP contribution is 2.31. The summed E-state index contributed by atoms with van der Waals surface area (Å²) in [5.41, 5.74) is 7.25. The number of hydrogen-bond donors (Lipinski definition) is 2. The Hall–Kier alpha value is -3.62. The van der Waals surface area contributed by atoms with E-state index in [2.05, 4.69) is 10.1 Å². The molecule has 1 atom stereocenters. The number of piperidine rings is 1. The van der Waals surface area contributed by atoms with Gasteiger partial charge < -0.3 is 20.4 Å². The number of nitrogens with one attached hydrogen (secondary N) is 1. The largest absolute Gasteiger partial charge is 0.497 e. The van der Waals surface area contributed by atoms with Crippen LogP contribution in [-0.4, -0.2) is 56.7 Å². The maximum Gasteiger partial charge on any atom is 0.267 e. The maximum atomic E-state index is 12.8. The molecule has 1 aliphatic heterocycles. The van der Waals surface area contributed by atoms with Gasteiger partial charge in [-0.2, -0.15) is 5.10 Å². The molecule has 0 unspecified atom stereocenters. The van der Waals surface area contributed by atoms with Crippen molar-refractivity contribution in [3.05, 3.63) is 54.2 Å². The molecule has 3 N–H and O–H groups in total. The van der Waals surface area contributed by atoms with Gasteiger partial charge in [0, 0.05) is 37.0 Å². The standard InChI is InChI=1S/C23H28N6O3/c1-15(14-29-11-3-10-25-29)23(31)28-12-8-17(9-13-28)22-26-19(20(27-22)21(24)30)16-4-6-18(32-2)7-5-16/h3-7,10-11,15,17H,8-9,12-14H2,1-2H3,(H2,24,30)(H,26,27)/t15-/m0/s1. The number of aromatic nitrogens is 4. The van der Waals surface area contributed by atoms with Crippen molar-refractivity contribution in [2.24, 2.45) is 11.7 Å². The lowest BCUT2D eigenvalue weighted by Crippen LogP contribution is -2.41. The first-order valence-electron chi connectivity index (χ1n) is 10.8. The maximum absolute atomic E-state index is 12.8. The van der Waals surface area contributed by atoms with E-state index in [-0.39, 0.29) is 17.7 Å². The molecule has 2 amide bonds. The number of benzene rings is 1. The smallest absolute Gasteiger partial charge is 0.267 e. The van der Waals surface area contributed by atoms with Crippen LogP contribution in [0.15, 0.2) is 42.7 Å². The molecule has 3 heterocycles. The zero-order valence-electron chi connectivity index (χ0n) is 18.3. The SMILES string of the molecule is COc1ccc(-c2nc(C3CCN(C(=O)[C@@H](C)Cn4cccn4)CC3)[nH]c2C(N)=O)cc1. The van der Waals surface area contributed by atoms with E-state index in [4.69, 9.17) is 15.5 Å². The number of methoxy groups -OCH3 is 1. The van der Waals surface area contributed by atoms with E-state index in [1.165, 1.54) is 0 Å². The molecule has 32 heavy (non-hydrogen) atoms. The number of primary amides is 1. The second-order valence-corrected chi connectivity index (χ2v) is 8.17. The Kier molecular flexibility index (Phi) is 6.25. The van der Waals surface area contributed by atoms with Crippen LogP contribution in [-0.2, 0) is 11.3 Å². The highest BCUT2D eigenvalue weighted by Gasteiger charge is 2.29. The van der Waals surface area contributed by atoms with Crippen LogP contribution in [0.2, 0.25) is 0 Å². The molecule has 1 fully saturated rings. The Bertz CT molecular complexity index is 1070. The number of nitrogens with two attached hydrogens (primary N) is 1. The molecule has 0 radical (unpaired) electrons. The van der Waals surface area contributed by atoms with Crippen molar-refractivity contribution in [3.8, 4) is 17.0 Å². The minimum atomic E-state index is -0.547. The van der Waals surface area contributed by atoms with Gasteiger partial charge in [-0.3, -0.25) is 14.3 Å². The number of carbonyl (C=O) groups excluding carboxylic acids is 2. The number of nitrogens with zero attached hydrogens (tertiary/aromatic N) is 4. The highest BCUT2D eigenvalue weighted by molar-refractivity contribution is 5.97. The van der Waals surface area contributed by atoms with Crippen LogP contribution in [0.1, 0.15) is 42.0 Å². The van der Waals surface area contributed by atoms with Crippen LogP contribution in [0, 0.1) is 5.92 Å². The molecule has 0 saturated carbocycles. The Morgan fingerprint density at radius 3 is 2.56 bits per heavy atom.